The molecule has 0 aromatic heterocycles. The van der Waals surface area contributed by atoms with E-state index in [1.807, 2.05) is 55.5 Å². The minimum atomic E-state index is -0.224. The monoisotopic (exact) mass is 594 g/mol. The van der Waals surface area contributed by atoms with E-state index in [0.29, 0.717) is 28.6 Å². The molecule has 1 saturated heterocycles. The highest BCUT2D eigenvalue weighted by molar-refractivity contribution is 6.31. The number of amides is 1. The first kappa shape index (κ1) is 31.1. The van der Waals surface area contributed by atoms with E-state index < -0.39 is 0 Å². The topological polar surface area (TPSA) is 58.6 Å². The van der Waals surface area contributed by atoms with Crippen molar-refractivity contribution in [1.82, 2.24) is 10.2 Å². The van der Waals surface area contributed by atoms with Crippen molar-refractivity contribution in [2.24, 2.45) is 0 Å². The summed E-state index contributed by atoms with van der Waals surface area (Å²) in [5.74, 6) is -0.237. The van der Waals surface area contributed by atoms with Crippen molar-refractivity contribution in [2.75, 3.05) is 26.2 Å². The molecule has 218 valence electrons. The van der Waals surface area contributed by atoms with Crippen LogP contribution in [0.2, 0.25) is 10.0 Å². The SMILES string of the molecule is CCOC(=O)CC(CC)(CCCN1CCC(NC(=O)c2cc(Cl)ccc2-c2ccc(Cl)cc2)CC1)c1ccccc1. The molecule has 0 spiro atoms. The molecule has 1 fully saturated rings. The normalized spacial score (nSPS) is 15.7. The third-order valence-corrected chi connectivity index (χ3v) is 8.77. The van der Waals surface area contributed by atoms with E-state index in [4.69, 9.17) is 27.9 Å². The fraction of sp³-hybridized carbons (Fsp3) is 0.412. The second kappa shape index (κ2) is 14.9. The summed E-state index contributed by atoms with van der Waals surface area (Å²) in [5, 5.41) is 4.43. The molecular formula is C34H40Cl2N2O3. The lowest BCUT2D eigenvalue weighted by Crippen LogP contribution is -2.45. The Bertz CT molecular complexity index is 1290. The van der Waals surface area contributed by atoms with E-state index in [0.717, 1.165) is 62.9 Å². The molecule has 1 atom stereocenters. The van der Waals surface area contributed by atoms with E-state index >= 15 is 0 Å². The first-order chi connectivity index (χ1) is 19.8. The summed E-state index contributed by atoms with van der Waals surface area (Å²) in [7, 11) is 0. The molecule has 1 aliphatic heterocycles. The second-order valence-corrected chi connectivity index (χ2v) is 11.7. The maximum atomic E-state index is 13.3. The lowest BCUT2D eigenvalue weighted by molar-refractivity contribution is -0.144. The number of carbonyl (C=O) groups excluding carboxylic acids is 2. The summed E-state index contributed by atoms with van der Waals surface area (Å²) in [4.78, 5) is 28.4. The average molecular weight is 596 g/mol. The number of hydrogen-bond donors (Lipinski definition) is 1. The Kier molecular flexibility index (Phi) is 11.3. The predicted octanol–water partition coefficient (Wildman–Crippen LogP) is 7.94. The summed E-state index contributed by atoms with van der Waals surface area (Å²) >= 11 is 12.3. The van der Waals surface area contributed by atoms with Gasteiger partial charge in [-0.25, -0.2) is 0 Å². The van der Waals surface area contributed by atoms with Crippen LogP contribution in [0.5, 0.6) is 0 Å². The first-order valence-electron chi connectivity index (χ1n) is 14.6. The fourth-order valence-electron chi connectivity index (χ4n) is 5.91. The third kappa shape index (κ3) is 8.34. The van der Waals surface area contributed by atoms with Crippen LogP contribution in [0.1, 0.15) is 68.3 Å². The van der Waals surface area contributed by atoms with Crippen molar-refractivity contribution < 1.29 is 14.3 Å². The van der Waals surface area contributed by atoms with E-state index in [1.165, 1.54) is 5.56 Å². The van der Waals surface area contributed by atoms with Crippen molar-refractivity contribution in [1.29, 1.82) is 0 Å². The van der Waals surface area contributed by atoms with Crippen molar-refractivity contribution in [2.45, 2.75) is 63.8 Å². The minimum Gasteiger partial charge on any atom is -0.466 e. The Morgan fingerprint density at radius 3 is 2.29 bits per heavy atom. The van der Waals surface area contributed by atoms with Crippen molar-refractivity contribution in [3.63, 3.8) is 0 Å². The summed E-state index contributed by atoms with van der Waals surface area (Å²) in [5.41, 5.74) is 3.31. The molecule has 4 rings (SSSR count). The van der Waals surface area contributed by atoms with Crippen LogP contribution in [-0.4, -0.2) is 49.1 Å². The highest BCUT2D eigenvalue weighted by atomic mass is 35.5. The van der Waals surface area contributed by atoms with Gasteiger partial charge in [-0.2, -0.15) is 0 Å². The van der Waals surface area contributed by atoms with Crippen LogP contribution < -0.4 is 5.32 Å². The smallest absolute Gasteiger partial charge is 0.306 e. The molecule has 1 aliphatic rings. The number of nitrogens with one attached hydrogen (secondary N) is 1. The molecule has 0 aliphatic carbocycles. The first-order valence-corrected chi connectivity index (χ1v) is 15.4. The van der Waals surface area contributed by atoms with Crippen molar-refractivity contribution in [3.05, 3.63) is 94.0 Å². The van der Waals surface area contributed by atoms with Gasteiger partial charge in [-0.1, -0.05) is 78.7 Å². The Morgan fingerprint density at radius 2 is 1.63 bits per heavy atom. The highest BCUT2D eigenvalue weighted by Gasteiger charge is 2.33. The number of benzene rings is 3. The molecule has 1 heterocycles. The Labute approximate surface area is 254 Å². The lowest BCUT2D eigenvalue weighted by Gasteiger charge is -2.35. The molecule has 3 aromatic carbocycles. The van der Waals surface area contributed by atoms with Gasteiger partial charge in [-0.15, -0.1) is 0 Å². The summed E-state index contributed by atoms with van der Waals surface area (Å²) in [6.07, 6.45) is 4.98. The van der Waals surface area contributed by atoms with Gasteiger partial charge in [-0.3, -0.25) is 9.59 Å². The number of hydrogen-bond acceptors (Lipinski definition) is 4. The summed E-state index contributed by atoms with van der Waals surface area (Å²) < 4.78 is 5.34. The van der Waals surface area contributed by atoms with Crippen LogP contribution in [0.15, 0.2) is 72.8 Å². The number of piperidine rings is 1. The van der Waals surface area contributed by atoms with E-state index in [1.54, 1.807) is 12.1 Å². The number of likely N-dealkylation sites (tertiary alicyclic amines) is 1. The van der Waals surface area contributed by atoms with E-state index in [9.17, 15) is 9.59 Å². The zero-order valence-corrected chi connectivity index (χ0v) is 25.5. The zero-order valence-electron chi connectivity index (χ0n) is 24.0. The van der Waals surface area contributed by atoms with Crippen LogP contribution in [0, 0.1) is 0 Å². The molecule has 0 saturated carbocycles. The van der Waals surface area contributed by atoms with Gasteiger partial charge in [0.15, 0.2) is 0 Å². The molecule has 5 nitrogen and oxygen atoms in total. The van der Waals surface area contributed by atoms with Gasteiger partial charge in [0.25, 0.3) is 5.91 Å². The fourth-order valence-corrected chi connectivity index (χ4v) is 6.21. The quantitative estimate of drug-likeness (QED) is 0.216. The average Bonchev–Trinajstić information content (AvgIpc) is 2.98. The Morgan fingerprint density at radius 1 is 0.951 bits per heavy atom. The van der Waals surface area contributed by atoms with E-state index in [2.05, 4.69) is 29.3 Å². The number of esters is 1. The van der Waals surface area contributed by atoms with Gasteiger partial charge in [0, 0.05) is 40.2 Å². The third-order valence-electron chi connectivity index (χ3n) is 8.28. The van der Waals surface area contributed by atoms with Gasteiger partial charge < -0.3 is 15.0 Å². The number of rotatable bonds is 12. The van der Waals surface area contributed by atoms with Gasteiger partial charge in [-0.05, 0) is 86.5 Å². The van der Waals surface area contributed by atoms with Gasteiger partial charge in [0.2, 0.25) is 0 Å². The lowest BCUT2D eigenvalue weighted by atomic mass is 9.72. The number of ether oxygens (including phenoxy) is 1. The molecule has 1 amide bonds. The van der Waals surface area contributed by atoms with E-state index in [-0.39, 0.29) is 23.3 Å². The van der Waals surface area contributed by atoms with Crippen molar-refractivity contribution in [3.8, 4) is 11.1 Å². The maximum Gasteiger partial charge on any atom is 0.306 e. The molecular weight excluding hydrogens is 555 g/mol. The maximum absolute atomic E-state index is 13.3. The van der Waals surface area contributed by atoms with Crippen LogP contribution in [0.25, 0.3) is 11.1 Å². The summed E-state index contributed by atoms with van der Waals surface area (Å²) in [6.45, 7) is 7.23. The van der Waals surface area contributed by atoms with Gasteiger partial charge >= 0.3 is 5.97 Å². The van der Waals surface area contributed by atoms with Gasteiger partial charge in [0.05, 0.1) is 13.0 Å². The zero-order chi connectivity index (χ0) is 29.2. The second-order valence-electron chi connectivity index (χ2n) is 10.9. The van der Waals surface area contributed by atoms with Crippen LogP contribution in [0.4, 0.5) is 0 Å². The molecule has 1 unspecified atom stereocenters. The summed E-state index contributed by atoms with van der Waals surface area (Å²) in [6, 6.07) is 23.4. The van der Waals surface area contributed by atoms with Crippen LogP contribution in [0.3, 0.4) is 0 Å². The Hall–Kier alpha value is -2.86. The molecule has 1 N–H and O–H groups in total. The van der Waals surface area contributed by atoms with Gasteiger partial charge in [0.1, 0.15) is 0 Å². The molecule has 7 heteroatoms. The largest absolute Gasteiger partial charge is 0.466 e. The number of carbonyl (C=O) groups is 2. The Balaban J connectivity index is 1.32. The number of nitrogens with zero attached hydrogens (tertiary/aromatic N) is 1. The van der Waals surface area contributed by atoms with Crippen LogP contribution in [-0.2, 0) is 14.9 Å². The molecule has 41 heavy (non-hydrogen) atoms. The standard InChI is InChI=1S/C34H40Cl2N2O3/c1-3-34(24-32(39)41-4-2,26-9-6-5-7-10-26)19-8-20-38-21-17-29(18-22-38)37-33(40)31-23-28(36)15-16-30(31)25-11-13-27(35)14-12-25/h5-7,9-16,23,29H,3-4,8,17-22,24H2,1-2H3,(H,37,40). The van der Waals surface area contributed by atoms with Crippen LogP contribution >= 0.6 is 23.2 Å². The van der Waals surface area contributed by atoms with Crippen molar-refractivity contribution >= 4 is 35.1 Å². The minimum absolute atomic E-state index is 0.106. The highest BCUT2D eigenvalue weighted by Crippen LogP contribution is 2.37. The number of halogens is 2. The molecule has 0 radical (unpaired) electrons. The molecule has 3 aromatic rings. The predicted molar refractivity (Wildman–Crippen MR) is 168 cm³/mol. The molecule has 0 bridgehead atoms.